The van der Waals surface area contributed by atoms with Crippen LogP contribution in [0.4, 0.5) is 34.1 Å². The molecular weight excluding hydrogens is 919 g/mol. The highest BCUT2D eigenvalue weighted by Crippen LogP contribution is 2.56. The van der Waals surface area contributed by atoms with Crippen molar-refractivity contribution in [2.24, 2.45) is 0 Å². The number of hydrogen-bond acceptors (Lipinski definition) is 3. The van der Waals surface area contributed by atoms with E-state index < -0.39 is 0 Å². The molecule has 0 aliphatic heterocycles. The fourth-order valence-electron chi connectivity index (χ4n) is 11.1. The molecule has 0 atom stereocenters. The molecule has 1 heterocycles. The molecule has 0 unspecified atom stereocenters. The topological polar surface area (TPSA) is 19.4 Å². The molecule has 0 aliphatic carbocycles. The molecule has 13 aromatic rings. The molecule has 13 rings (SSSR count). The Morgan fingerprint density at radius 2 is 0.513 bits per heavy atom. The molecular formula is C73H51N3. The van der Waals surface area contributed by atoms with E-state index in [4.69, 9.17) is 4.98 Å². The lowest BCUT2D eigenvalue weighted by Gasteiger charge is -2.30. The van der Waals surface area contributed by atoms with E-state index in [1.165, 1.54) is 16.2 Å². The summed E-state index contributed by atoms with van der Waals surface area (Å²) in [5.41, 5.74) is 19.4. The Balaban J connectivity index is 1.12. The predicted molar refractivity (Wildman–Crippen MR) is 321 cm³/mol. The summed E-state index contributed by atoms with van der Waals surface area (Å²) >= 11 is 0. The van der Waals surface area contributed by atoms with Crippen LogP contribution < -0.4 is 9.80 Å². The van der Waals surface area contributed by atoms with Gasteiger partial charge in [-0.25, -0.2) is 0 Å². The third-order valence-corrected chi connectivity index (χ3v) is 14.5. The van der Waals surface area contributed by atoms with Crippen molar-refractivity contribution in [3.8, 4) is 66.9 Å². The van der Waals surface area contributed by atoms with Gasteiger partial charge in [-0.1, -0.05) is 243 Å². The van der Waals surface area contributed by atoms with Crippen LogP contribution in [-0.4, -0.2) is 4.98 Å². The number of pyridine rings is 1. The van der Waals surface area contributed by atoms with Gasteiger partial charge in [-0.15, -0.1) is 0 Å². The number of para-hydroxylation sites is 2. The van der Waals surface area contributed by atoms with Crippen molar-refractivity contribution >= 4 is 55.7 Å². The Hall–Kier alpha value is -10.1. The van der Waals surface area contributed by atoms with E-state index >= 15 is 0 Å². The van der Waals surface area contributed by atoms with Crippen molar-refractivity contribution in [3.63, 3.8) is 0 Å². The molecule has 0 aliphatic rings. The second-order valence-electron chi connectivity index (χ2n) is 19.0. The maximum Gasteiger partial charge on any atom is 0.0716 e. The van der Waals surface area contributed by atoms with Gasteiger partial charge in [0.2, 0.25) is 0 Å². The van der Waals surface area contributed by atoms with Crippen LogP contribution in [0.15, 0.2) is 310 Å². The van der Waals surface area contributed by atoms with Gasteiger partial charge in [0, 0.05) is 44.5 Å². The number of rotatable bonds is 12. The SMILES string of the molecule is c1ccc(-c2c(-c3ccccc3)c(-c3ccccc3)c(-c3ccc(N(c4ccccc4)c4cccc5ccccc45)cn3)c(-c3ccc(N(c4ccccc4)c4cccc5ccccc45)cc3)c2-c2ccccc2)cc1. The molecule has 358 valence electrons. The molecule has 0 radical (unpaired) electrons. The standard InChI is InChI=1S/C73H51N3/c1-7-27-54(28-8-1)68-69(55-29-9-2-10-30-55)71(57-33-13-4-14-34-57)73(65-50-49-62(51-74-65)76(60-39-17-6-18-40-60)67-44-24-36-53-26-20-22-42-64(53)67)72(70(68)56-31-11-3-12-32-56)58-45-47-61(48-46-58)75(59-37-15-5-16-38-59)66-43-23-35-52-25-19-21-41-63(52)66/h1-51H. The molecule has 0 amide bonds. The highest BCUT2D eigenvalue weighted by atomic mass is 15.2. The van der Waals surface area contributed by atoms with Gasteiger partial charge < -0.3 is 9.80 Å². The average molecular weight is 970 g/mol. The molecule has 0 saturated carbocycles. The second kappa shape index (κ2) is 20.4. The molecule has 0 fully saturated rings. The largest absolute Gasteiger partial charge is 0.310 e. The lowest BCUT2D eigenvalue weighted by molar-refractivity contribution is 1.24. The van der Waals surface area contributed by atoms with Crippen LogP contribution in [0.2, 0.25) is 0 Å². The number of aromatic nitrogens is 1. The molecule has 1 aromatic heterocycles. The maximum atomic E-state index is 5.65. The molecule has 0 spiro atoms. The highest BCUT2D eigenvalue weighted by molar-refractivity contribution is 6.15. The normalized spacial score (nSPS) is 11.2. The van der Waals surface area contributed by atoms with Gasteiger partial charge in [-0.2, -0.15) is 0 Å². The molecule has 0 N–H and O–H groups in total. The molecule has 0 bridgehead atoms. The summed E-state index contributed by atoms with van der Waals surface area (Å²) in [5.74, 6) is 0. The fraction of sp³-hybridized carbons (Fsp3) is 0. The van der Waals surface area contributed by atoms with Crippen molar-refractivity contribution in [2.45, 2.75) is 0 Å². The van der Waals surface area contributed by atoms with Gasteiger partial charge in [0.25, 0.3) is 0 Å². The third kappa shape index (κ3) is 8.56. The summed E-state index contributed by atoms with van der Waals surface area (Å²) in [5, 5.41) is 4.72. The van der Waals surface area contributed by atoms with Gasteiger partial charge in [0.1, 0.15) is 0 Å². The Kier molecular flexibility index (Phi) is 12.3. The van der Waals surface area contributed by atoms with E-state index in [9.17, 15) is 0 Å². The van der Waals surface area contributed by atoms with Crippen LogP contribution in [0.1, 0.15) is 0 Å². The fourth-order valence-corrected chi connectivity index (χ4v) is 11.1. The number of fused-ring (bicyclic) bond motifs is 2. The van der Waals surface area contributed by atoms with Gasteiger partial charge >= 0.3 is 0 Å². The van der Waals surface area contributed by atoms with Crippen LogP contribution in [0.25, 0.3) is 88.4 Å². The zero-order chi connectivity index (χ0) is 50.6. The lowest BCUT2D eigenvalue weighted by Crippen LogP contribution is -2.11. The average Bonchev–Trinajstić information content (AvgIpc) is 3.52. The van der Waals surface area contributed by atoms with E-state index in [2.05, 4.69) is 319 Å². The Morgan fingerprint density at radius 3 is 0.908 bits per heavy atom. The van der Waals surface area contributed by atoms with Crippen LogP contribution in [0.5, 0.6) is 0 Å². The molecule has 3 heteroatoms. The third-order valence-electron chi connectivity index (χ3n) is 14.5. The van der Waals surface area contributed by atoms with Gasteiger partial charge in [0.15, 0.2) is 0 Å². The zero-order valence-corrected chi connectivity index (χ0v) is 41.8. The van der Waals surface area contributed by atoms with Crippen LogP contribution >= 0.6 is 0 Å². The molecule has 76 heavy (non-hydrogen) atoms. The summed E-state index contributed by atoms with van der Waals surface area (Å²) in [4.78, 5) is 10.4. The minimum Gasteiger partial charge on any atom is -0.310 e. The first-order valence-electron chi connectivity index (χ1n) is 26.0. The van der Waals surface area contributed by atoms with E-state index in [1.807, 2.05) is 0 Å². The van der Waals surface area contributed by atoms with Crippen molar-refractivity contribution in [1.29, 1.82) is 0 Å². The number of benzene rings is 12. The maximum absolute atomic E-state index is 5.65. The van der Waals surface area contributed by atoms with Crippen LogP contribution in [0.3, 0.4) is 0 Å². The van der Waals surface area contributed by atoms with E-state index in [1.54, 1.807) is 0 Å². The first kappa shape index (κ1) is 45.7. The smallest absolute Gasteiger partial charge is 0.0716 e. The van der Waals surface area contributed by atoms with Crippen LogP contribution in [0, 0.1) is 0 Å². The zero-order valence-electron chi connectivity index (χ0n) is 41.8. The summed E-state index contributed by atoms with van der Waals surface area (Å²) in [6.07, 6.45) is 2.06. The number of hydrogen-bond donors (Lipinski definition) is 0. The van der Waals surface area contributed by atoms with Crippen molar-refractivity contribution < 1.29 is 0 Å². The van der Waals surface area contributed by atoms with E-state index in [0.717, 1.165) is 106 Å². The first-order valence-corrected chi connectivity index (χ1v) is 26.0. The van der Waals surface area contributed by atoms with Crippen LogP contribution in [-0.2, 0) is 0 Å². The Labute approximate surface area is 444 Å². The minimum atomic E-state index is 0.864. The van der Waals surface area contributed by atoms with Gasteiger partial charge in [-0.05, 0) is 116 Å². The van der Waals surface area contributed by atoms with E-state index in [-0.39, 0.29) is 0 Å². The molecule has 0 saturated heterocycles. The summed E-state index contributed by atoms with van der Waals surface area (Å²) in [7, 11) is 0. The monoisotopic (exact) mass is 969 g/mol. The molecule has 12 aromatic carbocycles. The number of nitrogens with zero attached hydrogens (tertiary/aromatic N) is 3. The quantitative estimate of drug-likeness (QED) is 0.122. The summed E-state index contributed by atoms with van der Waals surface area (Å²) in [6, 6.07) is 109. The first-order chi connectivity index (χ1) is 37.8. The van der Waals surface area contributed by atoms with E-state index in [0.29, 0.717) is 0 Å². The lowest BCUT2D eigenvalue weighted by atomic mass is 9.75. The Morgan fingerprint density at radius 1 is 0.211 bits per heavy atom. The van der Waals surface area contributed by atoms with Crippen molar-refractivity contribution in [2.75, 3.05) is 9.80 Å². The second-order valence-corrected chi connectivity index (χ2v) is 19.0. The van der Waals surface area contributed by atoms with Gasteiger partial charge in [-0.3, -0.25) is 4.98 Å². The van der Waals surface area contributed by atoms with Crippen molar-refractivity contribution in [1.82, 2.24) is 4.98 Å². The van der Waals surface area contributed by atoms with Crippen molar-refractivity contribution in [3.05, 3.63) is 310 Å². The predicted octanol–water partition coefficient (Wildman–Crippen LogP) is 20.3. The summed E-state index contributed by atoms with van der Waals surface area (Å²) in [6.45, 7) is 0. The Bertz CT molecular complexity index is 3830. The van der Waals surface area contributed by atoms with Gasteiger partial charge in [0.05, 0.1) is 29.0 Å². The number of anilines is 6. The minimum absolute atomic E-state index is 0.864. The molecule has 3 nitrogen and oxygen atoms in total. The highest BCUT2D eigenvalue weighted by Gasteiger charge is 2.30. The summed E-state index contributed by atoms with van der Waals surface area (Å²) < 4.78 is 0.